The van der Waals surface area contributed by atoms with Gasteiger partial charge < -0.3 is 4.74 Å². The van der Waals surface area contributed by atoms with Crippen LogP contribution < -0.4 is 4.74 Å². The van der Waals surface area contributed by atoms with Crippen molar-refractivity contribution in [2.45, 2.75) is 6.42 Å². The molecule has 0 aromatic heterocycles. The Kier molecular flexibility index (Phi) is 5.30. The molecule has 0 unspecified atom stereocenters. The summed E-state index contributed by atoms with van der Waals surface area (Å²) in [6.45, 7) is -0.0873. The molecule has 0 radical (unpaired) electrons. The Bertz CT molecular complexity index is 589. The Morgan fingerprint density at radius 2 is 1.60 bits per heavy atom. The number of ether oxygens (including phenoxy) is 1. The molecule has 0 saturated carbocycles. The zero-order chi connectivity index (χ0) is 14.5. The normalized spacial score (nSPS) is 10.3. The smallest absolute Gasteiger partial charge is 0.174 e. The van der Waals surface area contributed by atoms with Gasteiger partial charge in [-0.05, 0) is 17.7 Å². The third-order valence-electron chi connectivity index (χ3n) is 2.58. The third kappa shape index (κ3) is 4.14. The van der Waals surface area contributed by atoms with Gasteiger partial charge >= 0.3 is 0 Å². The standard InChI is InChI=1S/C15H11Cl3O2/c16-11-7-13(17)15(14(18)8-11)20-9-12(19)6-10-4-2-1-3-5-10/h1-5,7-8H,6,9H2. The summed E-state index contributed by atoms with van der Waals surface area (Å²) >= 11 is 17.7. The van der Waals surface area contributed by atoms with Crippen LogP contribution in [0, 0.1) is 0 Å². The number of hydrogen-bond acceptors (Lipinski definition) is 2. The highest BCUT2D eigenvalue weighted by Crippen LogP contribution is 2.35. The molecule has 0 heterocycles. The fourth-order valence-electron chi connectivity index (χ4n) is 1.69. The molecule has 0 spiro atoms. The van der Waals surface area contributed by atoms with Crippen molar-refractivity contribution in [1.82, 2.24) is 0 Å². The number of halogens is 3. The van der Waals surface area contributed by atoms with E-state index in [9.17, 15) is 4.79 Å². The van der Waals surface area contributed by atoms with Crippen LogP contribution >= 0.6 is 34.8 Å². The molecule has 0 aliphatic heterocycles. The van der Waals surface area contributed by atoms with Crippen molar-refractivity contribution in [3.05, 3.63) is 63.1 Å². The second kappa shape index (κ2) is 6.98. The van der Waals surface area contributed by atoms with Gasteiger partial charge in [0, 0.05) is 11.4 Å². The maximum atomic E-state index is 11.8. The Morgan fingerprint density at radius 3 is 2.20 bits per heavy atom. The van der Waals surface area contributed by atoms with Crippen LogP contribution in [-0.4, -0.2) is 12.4 Å². The van der Waals surface area contributed by atoms with Gasteiger partial charge in [0.2, 0.25) is 0 Å². The molecule has 0 fully saturated rings. The van der Waals surface area contributed by atoms with Gasteiger partial charge in [0.1, 0.15) is 6.61 Å². The molecule has 0 aliphatic carbocycles. The van der Waals surface area contributed by atoms with E-state index in [0.29, 0.717) is 11.4 Å². The molecule has 2 aromatic carbocycles. The highest BCUT2D eigenvalue weighted by atomic mass is 35.5. The first kappa shape index (κ1) is 15.2. The fraction of sp³-hybridized carbons (Fsp3) is 0.133. The molecule has 5 heteroatoms. The van der Waals surface area contributed by atoms with Crippen molar-refractivity contribution >= 4 is 40.6 Å². The summed E-state index contributed by atoms with van der Waals surface area (Å²) in [5.74, 6) is 0.220. The SMILES string of the molecule is O=C(COc1c(Cl)cc(Cl)cc1Cl)Cc1ccccc1. The van der Waals surface area contributed by atoms with Gasteiger partial charge in [0.25, 0.3) is 0 Å². The van der Waals surface area contributed by atoms with Gasteiger partial charge in [0.05, 0.1) is 10.0 Å². The molecular formula is C15H11Cl3O2. The highest BCUT2D eigenvalue weighted by molar-refractivity contribution is 6.40. The lowest BCUT2D eigenvalue weighted by Crippen LogP contribution is -2.14. The van der Waals surface area contributed by atoms with E-state index in [-0.39, 0.29) is 28.2 Å². The minimum Gasteiger partial charge on any atom is -0.483 e. The van der Waals surface area contributed by atoms with Gasteiger partial charge in [0.15, 0.2) is 11.5 Å². The molecule has 20 heavy (non-hydrogen) atoms. The molecule has 2 nitrogen and oxygen atoms in total. The Hall–Kier alpha value is -1.22. The van der Waals surface area contributed by atoms with Crippen molar-refractivity contribution in [3.63, 3.8) is 0 Å². The van der Waals surface area contributed by atoms with Crippen LogP contribution in [0.3, 0.4) is 0 Å². The van der Waals surface area contributed by atoms with E-state index < -0.39 is 0 Å². The van der Waals surface area contributed by atoms with Crippen LogP contribution in [0.15, 0.2) is 42.5 Å². The van der Waals surface area contributed by atoms with Crippen molar-refractivity contribution in [1.29, 1.82) is 0 Å². The molecule has 0 N–H and O–H groups in total. The van der Waals surface area contributed by atoms with E-state index in [2.05, 4.69) is 0 Å². The summed E-state index contributed by atoms with van der Waals surface area (Å²) in [6, 6.07) is 12.5. The maximum Gasteiger partial charge on any atom is 0.174 e. The predicted octanol–water partition coefficient (Wildman–Crippen LogP) is 4.84. The number of benzene rings is 2. The Morgan fingerprint density at radius 1 is 1.00 bits per heavy atom. The van der Waals surface area contributed by atoms with Crippen LogP contribution in [0.1, 0.15) is 5.56 Å². The summed E-state index contributed by atoms with van der Waals surface area (Å²) in [6.07, 6.45) is 0.309. The van der Waals surface area contributed by atoms with Crippen LogP contribution in [0.2, 0.25) is 15.1 Å². The first-order valence-corrected chi connectivity index (χ1v) is 7.02. The van der Waals surface area contributed by atoms with E-state index in [0.717, 1.165) is 5.56 Å². The highest BCUT2D eigenvalue weighted by Gasteiger charge is 2.11. The summed E-state index contributed by atoms with van der Waals surface area (Å²) in [7, 11) is 0. The molecule has 0 amide bonds. The number of Topliss-reactive ketones (excluding diaryl/α,β-unsaturated/α-hetero) is 1. The lowest BCUT2D eigenvalue weighted by atomic mass is 10.1. The van der Waals surface area contributed by atoms with E-state index >= 15 is 0 Å². The average molecular weight is 330 g/mol. The summed E-state index contributed by atoms with van der Waals surface area (Å²) in [5.41, 5.74) is 0.939. The zero-order valence-corrected chi connectivity index (χ0v) is 12.7. The summed E-state index contributed by atoms with van der Waals surface area (Å²) in [5, 5.41) is 0.994. The molecule has 0 atom stereocenters. The van der Waals surface area contributed by atoms with Crippen LogP contribution in [0.4, 0.5) is 0 Å². The van der Waals surface area contributed by atoms with Gasteiger partial charge in [-0.2, -0.15) is 0 Å². The van der Waals surface area contributed by atoms with Crippen molar-refractivity contribution in [2.24, 2.45) is 0 Å². The molecule has 104 valence electrons. The topological polar surface area (TPSA) is 26.3 Å². The van der Waals surface area contributed by atoms with E-state index in [1.165, 1.54) is 12.1 Å². The quantitative estimate of drug-likeness (QED) is 0.785. The van der Waals surface area contributed by atoms with Gasteiger partial charge in [-0.1, -0.05) is 65.1 Å². The number of carbonyl (C=O) groups excluding carboxylic acids is 1. The van der Waals surface area contributed by atoms with E-state index in [1.54, 1.807) is 0 Å². The number of rotatable bonds is 5. The van der Waals surface area contributed by atoms with E-state index in [4.69, 9.17) is 39.5 Å². The summed E-state index contributed by atoms with van der Waals surface area (Å²) in [4.78, 5) is 11.8. The Labute approximate surface area is 132 Å². The first-order valence-electron chi connectivity index (χ1n) is 5.89. The van der Waals surface area contributed by atoms with Gasteiger partial charge in [-0.25, -0.2) is 0 Å². The van der Waals surface area contributed by atoms with Crippen LogP contribution in [-0.2, 0) is 11.2 Å². The first-order chi connectivity index (χ1) is 9.56. The largest absolute Gasteiger partial charge is 0.483 e. The monoisotopic (exact) mass is 328 g/mol. The molecule has 2 aromatic rings. The number of carbonyl (C=O) groups is 1. The lowest BCUT2D eigenvalue weighted by molar-refractivity contribution is -0.120. The number of ketones is 1. The molecular weight excluding hydrogens is 319 g/mol. The minimum absolute atomic E-state index is 0.0571. The van der Waals surface area contributed by atoms with Crippen molar-refractivity contribution < 1.29 is 9.53 Å². The third-order valence-corrected chi connectivity index (χ3v) is 3.36. The second-order valence-corrected chi connectivity index (χ2v) is 5.44. The van der Waals surface area contributed by atoms with Crippen LogP contribution in [0.5, 0.6) is 5.75 Å². The number of hydrogen-bond donors (Lipinski definition) is 0. The second-order valence-electron chi connectivity index (χ2n) is 4.19. The minimum atomic E-state index is -0.0873. The molecule has 0 saturated heterocycles. The fourth-order valence-corrected chi connectivity index (χ4v) is 2.62. The molecule has 0 bridgehead atoms. The van der Waals surface area contributed by atoms with Crippen molar-refractivity contribution in [3.8, 4) is 5.75 Å². The predicted molar refractivity (Wildman–Crippen MR) is 82.1 cm³/mol. The van der Waals surface area contributed by atoms with E-state index in [1.807, 2.05) is 30.3 Å². The van der Waals surface area contributed by atoms with Gasteiger partial charge in [-0.15, -0.1) is 0 Å². The van der Waals surface area contributed by atoms with Crippen LogP contribution in [0.25, 0.3) is 0 Å². The maximum absolute atomic E-state index is 11.8. The molecule has 0 aliphatic rings. The molecule has 2 rings (SSSR count). The zero-order valence-electron chi connectivity index (χ0n) is 10.4. The summed E-state index contributed by atoms with van der Waals surface area (Å²) < 4.78 is 5.38. The van der Waals surface area contributed by atoms with Gasteiger partial charge in [-0.3, -0.25) is 4.79 Å². The lowest BCUT2D eigenvalue weighted by Gasteiger charge is -2.09. The average Bonchev–Trinajstić information content (AvgIpc) is 2.38. The Balaban J connectivity index is 1.97. The van der Waals surface area contributed by atoms with Crippen molar-refractivity contribution in [2.75, 3.05) is 6.61 Å².